The van der Waals surface area contributed by atoms with Gasteiger partial charge in [-0.3, -0.25) is 14.5 Å². The first-order valence-electron chi connectivity index (χ1n) is 13.2. The van der Waals surface area contributed by atoms with E-state index in [4.69, 9.17) is 4.74 Å². The van der Waals surface area contributed by atoms with Crippen molar-refractivity contribution in [3.63, 3.8) is 0 Å². The van der Waals surface area contributed by atoms with Gasteiger partial charge in [0.1, 0.15) is 17.6 Å². The van der Waals surface area contributed by atoms with E-state index in [0.717, 1.165) is 10.3 Å². The number of nitrogens with zero attached hydrogens (tertiary/aromatic N) is 3. The van der Waals surface area contributed by atoms with E-state index in [0.29, 0.717) is 85.8 Å². The highest BCUT2D eigenvalue weighted by Crippen LogP contribution is 2.36. The van der Waals surface area contributed by atoms with Crippen LogP contribution in [0.25, 0.3) is 10.9 Å². The van der Waals surface area contributed by atoms with Crippen LogP contribution in [0.2, 0.25) is 0 Å². The van der Waals surface area contributed by atoms with Crippen molar-refractivity contribution in [1.29, 1.82) is 0 Å². The van der Waals surface area contributed by atoms with Crippen LogP contribution in [0.15, 0.2) is 46.1 Å². The number of hydrogen-bond donors (Lipinski definition) is 2. The first-order chi connectivity index (χ1) is 18.9. The number of amides is 2. The predicted octanol–water partition coefficient (Wildman–Crippen LogP) is 3.74. The van der Waals surface area contributed by atoms with Crippen LogP contribution in [0.3, 0.4) is 0 Å². The van der Waals surface area contributed by atoms with Gasteiger partial charge in [0.25, 0.3) is 5.56 Å². The van der Waals surface area contributed by atoms with Gasteiger partial charge in [0, 0.05) is 47.8 Å². The van der Waals surface area contributed by atoms with Gasteiger partial charge >= 0.3 is 6.09 Å². The van der Waals surface area contributed by atoms with Crippen molar-refractivity contribution >= 4 is 51.7 Å². The van der Waals surface area contributed by atoms with Gasteiger partial charge in [-0.1, -0.05) is 0 Å². The molecule has 204 valence electrons. The minimum absolute atomic E-state index is 0.00255. The van der Waals surface area contributed by atoms with Crippen molar-refractivity contribution in [2.75, 3.05) is 47.1 Å². The molecule has 3 aliphatic heterocycles. The molecule has 39 heavy (non-hydrogen) atoms. The molecule has 1 fully saturated rings. The molecule has 0 unspecified atom stereocenters. The summed E-state index contributed by atoms with van der Waals surface area (Å²) in [4.78, 5) is 42.3. The lowest BCUT2D eigenvalue weighted by atomic mass is 10.1. The van der Waals surface area contributed by atoms with Crippen molar-refractivity contribution in [1.82, 2.24) is 4.57 Å². The minimum atomic E-state index is -0.425. The monoisotopic (exact) mass is 552 g/mol. The zero-order valence-corrected chi connectivity index (χ0v) is 22.1. The second kappa shape index (κ2) is 10.5. The summed E-state index contributed by atoms with van der Waals surface area (Å²) in [5.41, 5.74) is 3.02. The first-order valence-corrected chi connectivity index (χ1v) is 14.2. The molecule has 1 saturated heterocycles. The second-order valence-electron chi connectivity index (χ2n) is 10.0. The summed E-state index contributed by atoms with van der Waals surface area (Å²) in [5, 5.41) is 13.1. The molecule has 2 N–H and O–H groups in total. The molecule has 0 bridgehead atoms. The number of halogens is 1. The van der Waals surface area contributed by atoms with E-state index in [1.54, 1.807) is 21.6 Å². The van der Waals surface area contributed by atoms with Crippen LogP contribution >= 0.6 is 11.8 Å². The summed E-state index contributed by atoms with van der Waals surface area (Å²) >= 11 is 1.47. The number of aryl methyl sites for hydroxylation is 2. The maximum Gasteiger partial charge on any atom is 0.414 e. The molecule has 0 aliphatic carbocycles. The second-order valence-corrected chi connectivity index (χ2v) is 11.1. The third-order valence-electron chi connectivity index (χ3n) is 7.53. The van der Waals surface area contributed by atoms with E-state index in [1.165, 1.54) is 17.8 Å². The van der Waals surface area contributed by atoms with E-state index in [9.17, 15) is 23.9 Å². The Morgan fingerprint density at radius 1 is 1.13 bits per heavy atom. The number of aromatic nitrogens is 1. The van der Waals surface area contributed by atoms with Crippen LogP contribution in [0.5, 0.6) is 0 Å². The molecule has 3 aromatic rings. The van der Waals surface area contributed by atoms with Gasteiger partial charge < -0.3 is 24.6 Å². The Balaban J connectivity index is 1.14. The van der Waals surface area contributed by atoms with Crippen molar-refractivity contribution in [3.05, 3.63) is 58.1 Å². The maximum absolute atomic E-state index is 14.3. The predicted molar refractivity (Wildman–Crippen MR) is 148 cm³/mol. The number of aliphatic hydroxyl groups is 1. The Bertz CT molecular complexity index is 1530. The highest BCUT2D eigenvalue weighted by atomic mass is 32.2. The summed E-state index contributed by atoms with van der Waals surface area (Å²) in [6.45, 7) is 1.90. The lowest BCUT2D eigenvalue weighted by Gasteiger charge is -2.25. The molecule has 11 heteroatoms. The van der Waals surface area contributed by atoms with Gasteiger partial charge in [-0.2, -0.15) is 0 Å². The third-order valence-corrected chi connectivity index (χ3v) is 8.60. The number of carbonyl (C=O) groups is 2. The van der Waals surface area contributed by atoms with Crippen LogP contribution in [-0.2, 0) is 22.5 Å². The maximum atomic E-state index is 14.3. The molecule has 3 aliphatic rings. The summed E-state index contributed by atoms with van der Waals surface area (Å²) in [6, 6.07) is 10.5. The zero-order valence-electron chi connectivity index (χ0n) is 21.3. The molecule has 9 nitrogen and oxygen atoms in total. The van der Waals surface area contributed by atoms with Crippen molar-refractivity contribution in [2.24, 2.45) is 0 Å². The third kappa shape index (κ3) is 4.85. The van der Waals surface area contributed by atoms with Gasteiger partial charge in [-0.25, -0.2) is 9.18 Å². The Labute approximate surface area is 228 Å². The minimum Gasteiger partial charge on any atom is -0.444 e. The fourth-order valence-electron chi connectivity index (χ4n) is 5.66. The van der Waals surface area contributed by atoms with Gasteiger partial charge in [0.2, 0.25) is 5.91 Å². The highest BCUT2D eigenvalue weighted by molar-refractivity contribution is 8.00. The van der Waals surface area contributed by atoms with Crippen LogP contribution < -0.4 is 20.7 Å². The van der Waals surface area contributed by atoms with E-state index >= 15 is 0 Å². The van der Waals surface area contributed by atoms with Crippen LogP contribution in [0, 0.1) is 5.82 Å². The summed E-state index contributed by atoms with van der Waals surface area (Å²) in [5.74, 6) is 0.0316. The fraction of sp³-hybridized carbons (Fsp3) is 0.393. The topological polar surface area (TPSA) is 104 Å². The van der Waals surface area contributed by atoms with Crippen molar-refractivity contribution < 1.29 is 23.8 Å². The average molecular weight is 553 g/mol. The number of benzene rings is 2. The number of rotatable bonds is 9. The Morgan fingerprint density at radius 3 is 2.82 bits per heavy atom. The molecule has 1 atom stereocenters. The van der Waals surface area contributed by atoms with E-state index in [-0.39, 0.29) is 30.0 Å². The number of carbonyl (C=O) groups excluding carboxylic acids is 2. The number of cyclic esters (lactones) is 1. The van der Waals surface area contributed by atoms with Crippen LogP contribution in [-0.4, -0.2) is 59.8 Å². The average Bonchev–Trinajstić information content (AvgIpc) is 3.54. The molecule has 4 heterocycles. The SMILES string of the molecule is O=C1CSc2ccc(N3C[C@@H](CCCN(CCCO)c4cc5ccc(F)c6c5n(c4=O)CC6)OC3=O)cc2N1. The van der Waals surface area contributed by atoms with Gasteiger partial charge in [-0.05, 0) is 62.1 Å². The molecule has 1 aromatic heterocycles. The first kappa shape index (κ1) is 25.7. The number of pyridine rings is 1. The number of fused-ring (bicyclic) bond motifs is 1. The number of thioether (sulfide) groups is 1. The van der Waals surface area contributed by atoms with Crippen LogP contribution in [0.1, 0.15) is 24.8 Å². The van der Waals surface area contributed by atoms with E-state index in [2.05, 4.69) is 5.32 Å². The summed E-state index contributed by atoms with van der Waals surface area (Å²) < 4.78 is 21.6. The molecule has 2 amide bonds. The normalized spacial score (nSPS) is 17.9. The quantitative estimate of drug-likeness (QED) is 0.417. The molecule has 2 aromatic carbocycles. The van der Waals surface area contributed by atoms with Crippen LogP contribution in [0.4, 0.5) is 26.2 Å². The summed E-state index contributed by atoms with van der Waals surface area (Å²) in [7, 11) is 0. The van der Waals surface area contributed by atoms with Gasteiger partial charge in [0.15, 0.2) is 0 Å². The standard InChI is InChI=1S/C28H29FN4O5S/c29-21-6-4-17-13-23(27(36)32-11-8-20(21)26(17)32)31(10-2-12-34)9-1-3-19-15-33(28(37)38-19)18-5-7-24-22(14-18)30-25(35)16-39-24/h4-7,13-14,19,34H,1-3,8-12,15-16H2,(H,30,35)/t19-/m1/s1. The number of anilines is 3. The fourth-order valence-corrected chi connectivity index (χ4v) is 6.45. The molecule has 0 spiro atoms. The molecule has 0 radical (unpaired) electrons. The Morgan fingerprint density at radius 2 is 1.97 bits per heavy atom. The smallest absolute Gasteiger partial charge is 0.414 e. The van der Waals surface area contributed by atoms with Gasteiger partial charge in [-0.15, -0.1) is 11.8 Å². The van der Waals surface area contributed by atoms with E-state index in [1.807, 2.05) is 23.1 Å². The molecular formula is C28H29FN4O5S. The number of nitrogens with one attached hydrogen (secondary N) is 1. The van der Waals surface area contributed by atoms with Crippen molar-refractivity contribution in [3.8, 4) is 0 Å². The Kier molecular flexibility index (Phi) is 6.94. The lowest BCUT2D eigenvalue weighted by molar-refractivity contribution is -0.113. The molecule has 0 saturated carbocycles. The number of hydrogen-bond acceptors (Lipinski definition) is 7. The largest absolute Gasteiger partial charge is 0.444 e. The van der Waals surface area contributed by atoms with Gasteiger partial charge in [0.05, 0.1) is 23.5 Å². The van der Waals surface area contributed by atoms with Crippen molar-refractivity contribution in [2.45, 2.75) is 43.2 Å². The zero-order chi connectivity index (χ0) is 27.1. The number of aliphatic hydroxyl groups excluding tert-OH is 1. The summed E-state index contributed by atoms with van der Waals surface area (Å²) in [6.07, 6.45) is 1.54. The number of ether oxygens (including phenoxy) is 1. The Hall–Kier alpha value is -3.57. The van der Waals surface area contributed by atoms with E-state index < -0.39 is 6.09 Å². The highest BCUT2D eigenvalue weighted by Gasteiger charge is 2.33. The lowest BCUT2D eigenvalue weighted by Crippen LogP contribution is -2.34. The molecule has 6 rings (SSSR count). The molecular weight excluding hydrogens is 523 g/mol.